The molecule has 6 rings (SSSR count). The number of nitrogens with zero attached hydrogens (tertiary/aromatic N) is 6. The van der Waals surface area contributed by atoms with Crippen LogP contribution in [0.2, 0.25) is 5.02 Å². The van der Waals surface area contributed by atoms with Gasteiger partial charge >= 0.3 is 6.18 Å². The number of nitrogens with one attached hydrogen (secondary N) is 1. The molecule has 16 heteroatoms. The smallest absolute Gasteiger partial charge is 0.416 e. The van der Waals surface area contributed by atoms with Gasteiger partial charge in [-0.05, 0) is 73.9 Å². The first-order chi connectivity index (χ1) is 23.4. The molecule has 12 nitrogen and oxygen atoms in total. The number of aromatic hydroxyl groups is 1. The van der Waals surface area contributed by atoms with Gasteiger partial charge in [0.15, 0.2) is 11.5 Å². The van der Waals surface area contributed by atoms with E-state index in [2.05, 4.69) is 20.4 Å². The maximum absolute atomic E-state index is 14.1. The molecule has 4 aromatic rings. The second kappa shape index (κ2) is 13.6. The molecule has 0 fully saturated rings. The van der Waals surface area contributed by atoms with Crippen molar-refractivity contribution in [3.63, 3.8) is 0 Å². The lowest BCUT2D eigenvalue weighted by Crippen LogP contribution is -2.34. The Balaban J connectivity index is 1.35. The average molecular weight is 700 g/mol. The highest BCUT2D eigenvalue weighted by molar-refractivity contribution is 6.33. The van der Waals surface area contributed by atoms with Crippen molar-refractivity contribution in [2.75, 3.05) is 31.6 Å². The van der Waals surface area contributed by atoms with Crippen LogP contribution in [0.3, 0.4) is 0 Å². The quantitative estimate of drug-likeness (QED) is 0.241. The molecule has 0 saturated heterocycles. The van der Waals surface area contributed by atoms with Gasteiger partial charge in [0.25, 0.3) is 11.5 Å². The number of alkyl halides is 3. The second-order valence-corrected chi connectivity index (χ2v) is 12.4. The summed E-state index contributed by atoms with van der Waals surface area (Å²) < 4.78 is 47.8. The predicted octanol–water partition coefficient (Wildman–Crippen LogP) is 5.25. The summed E-state index contributed by atoms with van der Waals surface area (Å²) in [6, 6.07) is 5.57. The zero-order chi connectivity index (χ0) is 35.0. The number of anilines is 1. The minimum Gasteiger partial charge on any atom is -0.505 e. The van der Waals surface area contributed by atoms with Gasteiger partial charge in [0.05, 0.1) is 29.5 Å². The molecule has 2 aliphatic rings. The summed E-state index contributed by atoms with van der Waals surface area (Å²) in [7, 11) is 0. The molecule has 0 spiro atoms. The van der Waals surface area contributed by atoms with Gasteiger partial charge in [-0.25, -0.2) is 4.98 Å². The van der Waals surface area contributed by atoms with E-state index < -0.39 is 23.6 Å². The van der Waals surface area contributed by atoms with Crippen molar-refractivity contribution in [3.8, 4) is 5.75 Å². The summed E-state index contributed by atoms with van der Waals surface area (Å²) in [6.07, 6.45) is 0.134. The summed E-state index contributed by atoms with van der Waals surface area (Å²) in [6.45, 7) is 4.84. The highest BCUT2D eigenvalue weighted by atomic mass is 35.5. The van der Waals surface area contributed by atoms with E-state index in [-0.39, 0.29) is 58.4 Å². The van der Waals surface area contributed by atoms with Gasteiger partial charge in [-0.15, -0.1) is 5.10 Å². The van der Waals surface area contributed by atoms with Gasteiger partial charge in [0, 0.05) is 30.5 Å². The molecule has 2 N–H and O–H groups in total. The summed E-state index contributed by atoms with van der Waals surface area (Å²) >= 11 is 6.11. The molecule has 0 bridgehead atoms. The van der Waals surface area contributed by atoms with Crippen LogP contribution in [-0.4, -0.2) is 72.3 Å². The third-order valence-corrected chi connectivity index (χ3v) is 9.17. The van der Waals surface area contributed by atoms with Crippen LogP contribution in [0.1, 0.15) is 78.1 Å². The Hall–Kier alpha value is -4.76. The van der Waals surface area contributed by atoms with Crippen molar-refractivity contribution >= 4 is 40.5 Å². The van der Waals surface area contributed by atoms with Crippen LogP contribution in [0.4, 0.5) is 18.9 Å². The molecule has 258 valence electrons. The molecule has 2 atom stereocenters. The zero-order valence-corrected chi connectivity index (χ0v) is 27.4. The molecule has 49 heavy (non-hydrogen) atoms. The largest absolute Gasteiger partial charge is 0.505 e. The minimum absolute atomic E-state index is 0.00270. The molecule has 4 heterocycles. The standard InChI is InChI=1S/C33H33ClF3N7O5/c1-3-42(31(48)27-24(45)5-4-11-38-27)12-8-20-15-18(2)28-26(20)30(47)44-32(40-29(41-44)19-9-13-49-14-10-19)43(28)17-25(46)39-23-7-6-21(16-22(23)34)33(35,36)37/h4-7,9,11,16,18,20,45H,3,8,10,12-15,17H2,1-2H3,(H,39,46). The summed E-state index contributed by atoms with van der Waals surface area (Å²) in [5.74, 6) is -1.31. The molecular formula is C33H33ClF3N7O5. The van der Waals surface area contributed by atoms with E-state index in [4.69, 9.17) is 16.3 Å². The number of pyridine rings is 1. The number of hydrogen-bond donors (Lipinski definition) is 2. The molecule has 2 amide bonds. The van der Waals surface area contributed by atoms with E-state index in [1.807, 2.05) is 19.9 Å². The number of rotatable bonds is 9. The topological polar surface area (TPSA) is 144 Å². The normalized spacial score (nSPS) is 17.6. The van der Waals surface area contributed by atoms with Gasteiger partial charge in [-0.1, -0.05) is 24.6 Å². The first kappa shape index (κ1) is 34.1. The summed E-state index contributed by atoms with van der Waals surface area (Å²) in [4.78, 5) is 51.1. The van der Waals surface area contributed by atoms with Crippen LogP contribution in [0.25, 0.3) is 11.4 Å². The van der Waals surface area contributed by atoms with Gasteiger partial charge in [-0.2, -0.15) is 22.7 Å². The lowest BCUT2D eigenvalue weighted by molar-refractivity contribution is -0.137. The average Bonchev–Trinajstić information content (AvgIpc) is 3.66. The Bertz CT molecular complexity index is 2030. The minimum atomic E-state index is -4.60. The van der Waals surface area contributed by atoms with Gasteiger partial charge < -0.3 is 24.6 Å². The fraction of sp³-hybridized carbons (Fsp3) is 0.394. The zero-order valence-electron chi connectivity index (χ0n) is 26.6. The fourth-order valence-corrected chi connectivity index (χ4v) is 6.73. The third-order valence-electron chi connectivity index (χ3n) is 8.86. The summed E-state index contributed by atoms with van der Waals surface area (Å²) in [5, 5.41) is 17.1. The molecular weight excluding hydrogens is 667 g/mol. The fourth-order valence-electron chi connectivity index (χ4n) is 6.50. The highest BCUT2D eigenvalue weighted by Crippen LogP contribution is 2.42. The molecule has 1 aromatic carbocycles. The van der Waals surface area contributed by atoms with E-state index in [1.54, 1.807) is 9.47 Å². The molecule has 0 saturated carbocycles. The monoisotopic (exact) mass is 699 g/mol. The van der Waals surface area contributed by atoms with Gasteiger partial charge in [-0.3, -0.25) is 14.4 Å². The van der Waals surface area contributed by atoms with Crippen molar-refractivity contribution in [2.24, 2.45) is 0 Å². The number of amides is 2. The van der Waals surface area contributed by atoms with E-state index in [9.17, 15) is 32.7 Å². The van der Waals surface area contributed by atoms with Crippen LogP contribution in [0, 0.1) is 0 Å². The number of carbonyl (C=O) groups excluding carboxylic acids is 2. The summed E-state index contributed by atoms with van der Waals surface area (Å²) in [5.41, 5.74) is 0.428. The Morgan fingerprint density at radius 2 is 2.04 bits per heavy atom. The highest BCUT2D eigenvalue weighted by Gasteiger charge is 2.37. The SMILES string of the molecule is CCN(CCC1CC(C)c2c1c(=O)n1nc(C3=CCOCC3)nc1n2CC(=O)Nc1ccc(C(F)(F)F)cc1Cl)C(=O)c1ncccc1O. The molecule has 2 unspecified atom stereocenters. The second-order valence-electron chi connectivity index (χ2n) is 12.0. The number of aromatic nitrogens is 5. The molecule has 3 aromatic heterocycles. The maximum Gasteiger partial charge on any atom is 0.416 e. The number of benzene rings is 1. The van der Waals surface area contributed by atoms with Crippen molar-refractivity contribution in [2.45, 2.75) is 57.7 Å². The first-order valence-electron chi connectivity index (χ1n) is 15.8. The Morgan fingerprint density at radius 3 is 2.71 bits per heavy atom. The number of fused-ring (bicyclic) bond motifs is 2. The van der Waals surface area contributed by atoms with Gasteiger partial charge in [0.1, 0.15) is 12.3 Å². The molecule has 0 radical (unpaired) electrons. The maximum atomic E-state index is 14.1. The number of hydrogen-bond acceptors (Lipinski definition) is 8. The van der Waals surface area contributed by atoms with Crippen LogP contribution in [-0.2, 0) is 22.3 Å². The van der Waals surface area contributed by atoms with E-state index in [0.29, 0.717) is 56.1 Å². The molecule has 1 aliphatic heterocycles. The van der Waals surface area contributed by atoms with Crippen LogP contribution in [0.5, 0.6) is 5.75 Å². The van der Waals surface area contributed by atoms with E-state index >= 15 is 0 Å². The van der Waals surface area contributed by atoms with Crippen LogP contribution >= 0.6 is 11.6 Å². The van der Waals surface area contributed by atoms with E-state index in [0.717, 1.165) is 23.8 Å². The van der Waals surface area contributed by atoms with Crippen molar-refractivity contribution in [1.82, 2.24) is 29.0 Å². The number of ether oxygens (including phenoxy) is 1. The van der Waals surface area contributed by atoms with Crippen molar-refractivity contribution in [3.05, 3.63) is 86.3 Å². The van der Waals surface area contributed by atoms with Gasteiger partial charge in [0.2, 0.25) is 11.7 Å². The lowest BCUT2D eigenvalue weighted by atomic mass is 9.98. The third kappa shape index (κ3) is 6.77. The Morgan fingerprint density at radius 1 is 1.24 bits per heavy atom. The predicted molar refractivity (Wildman–Crippen MR) is 174 cm³/mol. The van der Waals surface area contributed by atoms with Crippen molar-refractivity contribution in [1.29, 1.82) is 0 Å². The lowest BCUT2D eigenvalue weighted by Gasteiger charge is -2.23. The Labute approximate surface area is 283 Å². The number of carbonyl (C=O) groups is 2. The van der Waals surface area contributed by atoms with Crippen molar-refractivity contribution < 1.29 is 32.6 Å². The first-order valence-corrected chi connectivity index (χ1v) is 16.2. The van der Waals surface area contributed by atoms with Crippen LogP contribution < -0.4 is 10.9 Å². The molecule has 1 aliphatic carbocycles. The van der Waals surface area contributed by atoms with E-state index in [1.165, 1.54) is 22.8 Å². The van der Waals surface area contributed by atoms with Crippen LogP contribution in [0.15, 0.2) is 47.4 Å². The number of halogens is 4. The Kier molecular flexibility index (Phi) is 9.49.